The van der Waals surface area contributed by atoms with Gasteiger partial charge in [0, 0.05) is 32.4 Å². The van der Waals surface area contributed by atoms with Gasteiger partial charge in [-0.25, -0.2) is 4.98 Å². The molecule has 0 aliphatic rings. The molecule has 0 bridgehead atoms. The Bertz CT molecular complexity index is 296. The van der Waals surface area contributed by atoms with Gasteiger partial charge in [-0.05, 0) is 12.8 Å². The second kappa shape index (κ2) is 8.79. The molecule has 0 unspecified atom stereocenters. The Kier molecular flexibility index (Phi) is 7.11. The van der Waals surface area contributed by atoms with E-state index in [0.717, 1.165) is 13.0 Å². The predicted molar refractivity (Wildman–Crippen MR) is 68.6 cm³/mol. The highest BCUT2D eigenvalue weighted by Crippen LogP contribution is 2.07. The van der Waals surface area contributed by atoms with Crippen molar-refractivity contribution in [1.82, 2.24) is 14.9 Å². The fraction of sp³-hybridized carbons (Fsp3) is 0.692. The van der Waals surface area contributed by atoms with Crippen LogP contribution >= 0.6 is 0 Å². The summed E-state index contributed by atoms with van der Waals surface area (Å²) >= 11 is 0. The highest BCUT2D eigenvalue weighted by Gasteiger charge is 1.97. The number of aromatic nitrogens is 2. The second-order valence-electron chi connectivity index (χ2n) is 4.35. The third-order valence-corrected chi connectivity index (χ3v) is 2.91. The Morgan fingerprint density at radius 2 is 1.88 bits per heavy atom. The summed E-state index contributed by atoms with van der Waals surface area (Å²) in [6.07, 6.45) is 13.5. The third-order valence-electron chi connectivity index (χ3n) is 2.91. The Morgan fingerprint density at radius 1 is 1.18 bits per heavy atom. The fourth-order valence-corrected chi connectivity index (χ4v) is 1.83. The van der Waals surface area contributed by atoms with Gasteiger partial charge in [0.1, 0.15) is 0 Å². The topological polar surface area (TPSA) is 46.9 Å². The van der Waals surface area contributed by atoms with Crippen molar-refractivity contribution in [3.05, 3.63) is 18.7 Å². The first kappa shape index (κ1) is 13.7. The molecule has 0 aliphatic heterocycles. The van der Waals surface area contributed by atoms with E-state index in [1.807, 2.05) is 18.7 Å². The second-order valence-corrected chi connectivity index (χ2v) is 4.35. The normalized spacial score (nSPS) is 10.4. The van der Waals surface area contributed by atoms with Gasteiger partial charge in [0.05, 0.1) is 6.33 Å². The molecule has 0 spiro atoms. The number of hydrogen-bond donors (Lipinski definition) is 1. The molecule has 0 atom stereocenters. The van der Waals surface area contributed by atoms with E-state index < -0.39 is 0 Å². The number of rotatable bonds is 9. The van der Waals surface area contributed by atoms with Crippen LogP contribution in [0.15, 0.2) is 18.7 Å². The molecule has 1 N–H and O–H groups in total. The largest absolute Gasteiger partial charge is 0.359 e. The molecule has 0 fully saturated rings. The van der Waals surface area contributed by atoms with Crippen LogP contribution in [-0.4, -0.2) is 22.5 Å². The molecule has 4 nitrogen and oxygen atoms in total. The van der Waals surface area contributed by atoms with Crippen molar-refractivity contribution >= 4 is 5.91 Å². The summed E-state index contributed by atoms with van der Waals surface area (Å²) in [5.74, 6) is 0.158. The molecule has 0 aliphatic carbocycles. The van der Waals surface area contributed by atoms with Gasteiger partial charge in [-0.15, -0.1) is 0 Å². The molecule has 4 heteroatoms. The summed E-state index contributed by atoms with van der Waals surface area (Å²) in [4.78, 5) is 15.0. The molecule has 1 aromatic rings. The summed E-state index contributed by atoms with van der Waals surface area (Å²) in [5, 5.41) is 2.64. The number of amides is 1. The van der Waals surface area contributed by atoms with Crippen molar-refractivity contribution in [3.8, 4) is 0 Å². The van der Waals surface area contributed by atoms with Crippen molar-refractivity contribution < 1.29 is 4.79 Å². The Labute approximate surface area is 103 Å². The smallest absolute Gasteiger partial charge is 0.219 e. The van der Waals surface area contributed by atoms with E-state index in [1.165, 1.54) is 32.1 Å². The standard InChI is InChI=1S/C13H23N3O/c1-14-13(17)8-6-4-2-3-5-7-10-16-11-9-15-12-16/h9,11-12H,2-8,10H2,1H3,(H,14,17). The van der Waals surface area contributed by atoms with Crippen molar-refractivity contribution in [3.63, 3.8) is 0 Å². The number of unbranched alkanes of at least 4 members (excludes halogenated alkanes) is 5. The Balaban J connectivity index is 1.83. The number of imidazole rings is 1. The first-order chi connectivity index (χ1) is 8.33. The van der Waals surface area contributed by atoms with Gasteiger partial charge >= 0.3 is 0 Å². The fourth-order valence-electron chi connectivity index (χ4n) is 1.83. The van der Waals surface area contributed by atoms with Crippen LogP contribution in [0.3, 0.4) is 0 Å². The molecule has 0 radical (unpaired) electrons. The average molecular weight is 237 g/mol. The summed E-state index contributed by atoms with van der Waals surface area (Å²) in [6.45, 7) is 1.07. The number of nitrogens with one attached hydrogen (secondary N) is 1. The average Bonchev–Trinajstić information content (AvgIpc) is 2.85. The summed E-state index contributed by atoms with van der Waals surface area (Å²) in [5.41, 5.74) is 0. The van der Waals surface area contributed by atoms with Gasteiger partial charge in [0.2, 0.25) is 5.91 Å². The van der Waals surface area contributed by atoms with Crippen LogP contribution in [-0.2, 0) is 11.3 Å². The van der Waals surface area contributed by atoms with Crippen molar-refractivity contribution in [2.24, 2.45) is 0 Å². The number of nitrogens with zero attached hydrogens (tertiary/aromatic N) is 2. The van der Waals surface area contributed by atoms with E-state index >= 15 is 0 Å². The monoisotopic (exact) mass is 237 g/mol. The van der Waals surface area contributed by atoms with Gasteiger partial charge in [-0.1, -0.05) is 25.7 Å². The zero-order chi connectivity index (χ0) is 12.3. The van der Waals surface area contributed by atoms with Crippen LogP contribution in [0.1, 0.15) is 44.9 Å². The first-order valence-corrected chi connectivity index (χ1v) is 6.49. The molecule has 1 rings (SSSR count). The predicted octanol–water partition coefficient (Wildman–Crippen LogP) is 2.36. The van der Waals surface area contributed by atoms with E-state index in [0.29, 0.717) is 6.42 Å². The van der Waals surface area contributed by atoms with E-state index in [1.54, 1.807) is 7.05 Å². The van der Waals surface area contributed by atoms with E-state index in [9.17, 15) is 4.79 Å². The quantitative estimate of drug-likeness (QED) is 0.670. The van der Waals surface area contributed by atoms with Crippen LogP contribution in [0, 0.1) is 0 Å². The number of hydrogen-bond acceptors (Lipinski definition) is 2. The summed E-state index contributed by atoms with van der Waals surface area (Å²) in [7, 11) is 1.69. The molecule has 1 amide bonds. The molecule has 17 heavy (non-hydrogen) atoms. The summed E-state index contributed by atoms with van der Waals surface area (Å²) < 4.78 is 2.12. The van der Waals surface area contributed by atoms with Gasteiger partial charge in [0.25, 0.3) is 0 Å². The maximum atomic E-state index is 11.0. The zero-order valence-corrected chi connectivity index (χ0v) is 10.7. The Hall–Kier alpha value is -1.32. The van der Waals surface area contributed by atoms with Gasteiger partial charge in [-0.2, -0.15) is 0 Å². The lowest BCUT2D eigenvalue weighted by atomic mass is 10.1. The Morgan fingerprint density at radius 3 is 2.53 bits per heavy atom. The van der Waals surface area contributed by atoms with E-state index in [2.05, 4.69) is 14.9 Å². The highest BCUT2D eigenvalue weighted by atomic mass is 16.1. The van der Waals surface area contributed by atoms with Crippen molar-refractivity contribution in [2.75, 3.05) is 7.05 Å². The first-order valence-electron chi connectivity index (χ1n) is 6.49. The highest BCUT2D eigenvalue weighted by molar-refractivity contribution is 5.75. The number of carbonyl (C=O) groups excluding carboxylic acids is 1. The SMILES string of the molecule is CNC(=O)CCCCCCCCn1ccnc1. The van der Waals surface area contributed by atoms with Crippen LogP contribution in [0.5, 0.6) is 0 Å². The lowest BCUT2D eigenvalue weighted by Crippen LogP contribution is -2.16. The van der Waals surface area contributed by atoms with Crippen molar-refractivity contribution in [2.45, 2.75) is 51.5 Å². The van der Waals surface area contributed by atoms with Gasteiger partial charge in [0.15, 0.2) is 0 Å². The molecule has 96 valence electrons. The maximum absolute atomic E-state index is 11.0. The molecule has 1 heterocycles. The number of carbonyl (C=O) groups is 1. The van der Waals surface area contributed by atoms with Crippen LogP contribution in [0.25, 0.3) is 0 Å². The van der Waals surface area contributed by atoms with E-state index in [4.69, 9.17) is 0 Å². The molecule has 0 aromatic carbocycles. The molecule has 0 saturated carbocycles. The zero-order valence-electron chi connectivity index (χ0n) is 10.7. The van der Waals surface area contributed by atoms with E-state index in [-0.39, 0.29) is 5.91 Å². The third kappa shape index (κ3) is 6.76. The molecular weight excluding hydrogens is 214 g/mol. The maximum Gasteiger partial charge on any atom is 0.219 e. The van der Waals surface area contributed by atoms with Crippen LogP contribution in [0.4, 0.5) is 0 Å². The van der Waals surface area contributed by atoms with Gasteiger partial charge < -0.3 is 9.88 Å². The lowest BCUT2D eigenvalue weighted by molar-refractivity contribution is -0.120. The van der Waals surface area contributed by atoms with Crippen LogP contribution in [0.2, 0.25) is 0 Å². The minimum Gasteiger partial charge on any atom is -0.359 e. The van der Waals surface area contributed by atoms with Crippen molar-refractivity contribution in [1.29, 1.82) is 0 Å². The number of aryl methyl sites for hydroxylation is 1. The van der Waals surface area contributed by atoms with Crippen LogP contribution < -0.4 is 5.32 Å². The molecular formula is C13H23N3O. The molecule has 0 saturated heterocycles. The summed E-state index contributed by atoms with van der Waals surface area (Å²) in [6, 6.07) is 0. The lowest BCUT2D eigenvalue weighted by Gasteiger charge is -2.03. The molecule has 1 aromatic heterocycles. The van der Waals surface area contributed by atoms with Gasteiger partial charge in [-0.3, -0.25) is 4.79 Å². The minimum absolute atomic E-state index is 0.158. The minimum atomic E-state index is 0.158.